The van der Waals surface area contributed by atoms with E-state index in [1.807, 2.05) is 0 Å². The van der Waals surface area contributed by atoms with Gasteiger partial charge >= 0.3 is 6.36 Å². The first kappa shape index (κ1) is 15.7. The van der Waals surface area contributed by atoms with Crippen molar-refractivity contribution in [3.63, 3.8) is 0 Å². The van der Waals surface area contributed by atoms with Gasteiger partial charge in [-0.25, -0.2) is 4.39 Å². The van der Waals surface area contributed by atoms with Gasteiger partial charge in [-0.3, -0.25) is 9.79 Å². The molecule has 124 valence electrons. The monoisotopic (exact) mass is 331 g/mol. The van der Waals surface area contributed by atoms with Crippen molar-refractivity contribution in [2.24, 2.45) is 4.99 Å². The summed E-state index contributed by atoms with van der Waals surface area (Å²) in [5.74, 6) is -2.22. The zero-order valence-corrected chi connectivity index (χ0v) is 11.8. The van der Waals surface area contributed by atoms with Crippen LogP contribution in [-0.2, 0) is 4.79 Å². The van der Waals surface area contributed by atoms with Gasteiger partial charge in [0.15, 0.2) is 11.6 Å². The zero-order valence-electron chi connectivity index (χ0n) is 11.8. The second-order valence-electron chi connectivity index (χ2n) is 5.39. The molecular weight excluding hydrogens is 318 g/mol. The molecular formula is C14H13F4N3O2. The molecule has 0 bridgehead atoms. The van der Waals surface area contributed by atoms with Crippen LogP contribution in [-0.4, -0.2) is 36.7 Å². The van der Waals surface area contributed by atoms with Crippen LogP contribution in [0.15, 0.2) is 23.2 Å². The molecule has 1 aromatic carbocycles. The summed E-state index contributed by atoms with van der Waals surface area (Å²) < 4.78 is 53.7. The minimum Gasteiger partial charge on any atom is -0.403 e. The van der Waals surface area contributed by atoms with Crippen LogP contribution in [0.2, 0.25) is 0 Å². The van der Waals surface area contributed by atoms with Crippen LogP contribution in [0.4, 0.5) is 17.6 Å². The van der Waals surface area contributed by atoms with Gasteiger partial charge in [-0.15, -0.1) is 13.2 Å². The van der Waals surface area contributed by atoms with Gasteiger partial charge in [0.2, 0.25) is 0 Å². The summed E-state index contributed by atoms with van der Waals surface area (Å²) in [6.45, 7) is 1.27. The topological polar surface area (TPSA) is 62.7 Å². The molecule has 5 nitrogen and oxygen atoms in total. The van der Waals surface area contributed by atoms with Crippen LogP contribution in [0.5, 0.6) is 5.75 Å². The third-order valence-corrected chi connectivity index (χ3v) is 3.84. The number of nitrogens with zero attached hydrogens (tertiary/aromatic N) is 1. The Labute approximate surface area is 128 Å². The average Bonchev–Trinajstić information content (AvgIpc) is 2.78. The molecule has 0 radical (unpaired) electrons. The molecule has 0 unspecified atom stereocenters. The fourth-order valence-electron chi connectivity index (χ4n) is 2.69. The number of piperidine rings is 1. The van der Waals surface area contributed by atoms with Crippen molar-refractivity contribution in [1.29, 1.82) is 0 Å². The number of rotatable bonds is 2. The van der Waals surface area contributed by atoms with Gasteiger partial charge in [-0.05, 0) is 44.1 Å². The van der Waals surface area contributed by atoms with Gasteiger partial charge in [0.05, 0.1) is 0 Å². The molecule has 2 heterocycles. The van der Waals surface area contributed by atoms with Crippen LogP contribution >= 0.6 is 0 Å². The molecule has 2 aliphatic heterocycles. The van der Waals surface area contributed by atoms with Gasteiger partial charge in [0.1, 0.15) is 11.4 Å². The number of nitrogens with one attached hydrogen (secondary N) is 2. The number of benzene rings is 1. The van der Waals surface area contributed by atoms with E-state index in [9.17, 15) is 22.4 Å². The Morgan fingerprint density at radius 1 is 1.22 bits per heavy atom. The van der Waals surface area contributed by atoms with Gasteiger partial charge in [0.25, 0.3) is 5.91 Å². The summed E-state index contributed by atoms with van der Waals surface area (Å²) in [6.07, 6.45) is -3.94. The summed E-state index contributed by atoms with van der Waals surface area (Å²) in [6, 6.07) is 2.95. The Kier molecular flexibility index (Phi) is 3.75. The molecule has 23 heavy (non-hydrogen) atoms. The Morgan fingerprint density at radius 2 is 1.91 bits per heavy atom. The van der Waals surface area contributed by atoms with Crippen LogP contribution in [0.25, 0.3) is 0 Å². The van der Waals surface area contributed by atoms with E-state index in [1.165, 1.54) is 6.07 Å². The Balaban J connectivity index is 1.86. The zero-order chi connectivity index (χ0) is 16.7. The minimum atomic E-state index is -4.97. The highest BCUT2D eigenvalue weighted by atomic mass is 19.4. The minimum absolute atomic E-state index is 0.161. The predicted molar refractivity (Wildman–Crippen MR) is 72.6 cm³/mol. The molecule has 2 aliphatic rings. The maximum atomic E-state index is 13.8. The maximum Gasteiger partial charge on any atom is 0.573 e. The molecule has 3 rings (SSSR count). The molecule has 0 atom stereocenters. The van der Waals surface area contributed by atoms with E-state index in [4.69, 9.17) is 0 Å². The van der Waals surface area contributed by atoms with E-state index in [0.717, 1.165) is 12.1 Å². The van der Waals surface area contributed by atoms with Crippen LogP contribution in [0.3, 0.4) is 0 Å². The number of halogens is 4. The van der Waals surface area contributed by atoms with Crippen molar-refractivity contribution >= 4 is 11.7 Å². The Hall–Kier alpha value is -2.16. The second-order valence-corrected chi connectivity index (χ2v) is 5.39. The number of amidine groups is 1. The lowest BCUT2D eigenvalue weighted by Gasteiger charge is -2.28. The molecule has 1 fully saturated rings. The van der Waals surface area contributed by atoms with Crippen LogP contribution < -0.4 is 15.4 Å². The average molecular weight is 331 g/mol. The second kappa shape index (κ2) is 5.48. The largest absolute Gasteiger partial charge is 0.573 e. The maximum absolute atomic E-state index is 13.8. The fourth-order valence-corrected chi connectivity index (χ4v) is 2.69. The van der Waals surface area contributed by atoms with Gasteiger partial charge in [-0.1, -0.05) is 0 Å². The first-order valence-electron chi connectivity index (χ1n) is 6.97. The number of hydrogen-bond acceptors (Lipinski definition) is 4. The third kappa shape index (κ3) is 3.14. The summed E-state index contributed by atoms with van der Waals surface area (Å²) in [4.78, 5) is 16.5. The molecule has 0 aliphatic carbocycles. The number of amides is 1. The lowest BCUT2D eigenvalue weighted by Crippen LogP contribution is -2.47. The molecule has 0 aromatic heterocycles. The molecule has 1 aromatic rings. The number of aliphatic imine (C=N–C) groups is 1. The van der Waals surface area contributed by atoms with E-state index >= 15 is 0 Å². The molecule has 1 spiro atoms. The Bertz CT molecular complexity index is 666. The van der Waals surface area contributed by atoms with E-state index < -0.39 is 23.5 Å². The van der Waals surface area contributed by atoms with Crippen molar-refractivity contribution in [3.8, 4) is 5.75 Å². The normalized spacial score (nSPS) is 20.3. The van der Waals surface area contributed by atoms with Crippen molar-refractivity contribution in [2.75, 3.05) is 13.1 Å². The first-order chi connectivity index (χ1) is 10.8. The van der Waals surface area contributed by atoms with Crippen molar-refractivity contribution < 1.29 is 27.1 Å². The van der Waals surface area contributed by atoms with E-state index in [0.29, 0.717) is 25.9 Å². The Morgan fingerprint density at radius 3 is 2.52 bits per heavy atom. The van der Waals surface area contributed by atoms with Crippen molar-refractivity contribution in [1.82, 2.24) is 10.6 Å². The SMILES string of the molecule is O=C1NC(c2ccc(OC(F)(F)F)c(F)c2)=NC12CCNCC2. The van der Waals surface area contributed by atoms with Gasteiger partial charge < -0.3 is 15.4 Å². The first-order valence-corrected chi connectivity index (χ1v) is 6.97. The highest BCUT2D eigenvalue weighted by molar-refractivity contribution is 6.15. The highest BCUT2D eigenvalue weighted by Crippen LogP contribution is 2.30. The number of ether oxygens (including phenoxy) is 1. The summed E-state index contributed by atoms with van der Waals surface area (Å²) in [5, 5.41) is 5.70. The summed E-state index contributed by atoms with van der Waals surface area (Å²) in [7, 11) is 0. The predicted octanol–water partition coefficient (Wildman–Crippen LogP) is 1.72. The summed E-state index contributed by atoms with van der Waals surface area (Å²) in [5.41, 5.74) is -0.682. The van der Waals surface area contributed by atoms with Crippen LogP contribution in [0.1, 0.15) is 18.4 Å². The number of carbonyl (C=O) groups excluding carboxylic acids is 1. The van der Waals surface area contributed by atoms with E-state index in [-0.39, 0.29) is 17.3 Å². The smallest absolute Gasteiger partial charge is 0.403 e. The van der Waals surface area contributed by atoms with E-state index in [1.54, 1.807) is 0 Å². The summed E-state index contributed by atoms with van der Waals surface area (Å²) >= 11 is 0. The van der Waals surface area contributed by atoms with Gasteiger partial charge in [-0.2, -0.15) is 0 Å². The van der Waals surface area contributed by atoms with Crippen molar-refractivity contribution in [2.45, 2.75) is 24.7 Å². The molecule has 0 saturated carbocycles. The lowest BCUT2D eigenvalue weighted by atomic mass is 9.89. The molecule has 1 saturated heterocycles. The third-order valence-electron chi connectivity index (χ3n) is 3.84. The quantitative estimate of drug-likeness (QED) is 0.811. The molecule has 9 heteroatoms. The number of hydrogen-bond donors (Lipinski definition) is 2. The highest BCUT2D eigenvalue weighted by Gasteiger charge is 2.44. The van der Waals surface area contributed by atoms with Crippen LogP contribution in [0, 0.1) is 5.82 Å². The standard InChI is InChI=1S/C14H13F4N3O2/c15-9-7-8(1-2-10(9)23-14(16,17)18)11-20-12(22)13(21-11)3-5-19-6-4-13/h1-2,7,19H,3-6H2,(H,20,21,22). The molecule has 2 N–H and O–H groups in total. The number of alkyl halides is 3. The fraction of sp³-hybridized carbons (Fsp3) is 0.429. The number of carbonyl (C=O) groups is 1. The van der Waals surface area contributed by atoms with Crippen molar-refractivity contribution in [3.05, 3.63) is 29.6 Å². The lowest BCUT2D eigenvalue weighted by molar-refractivity contribution is -0.275. The van der Waals surface area contributed by atoms with Gasteiger partial charge in [0, 0.05) is 5.56 Å². The molecule has 1 amide bonds. The van der Waals surface area contributed by atoms with E-state index in [2.05, 4.69) is 20.4 Å².